The topological polar surface area (TPSA) is 113 Å². The van der Waals surface area contributed by atoms with E-state index in [0.717, 1.165) is 16.5 Å². The summed E-state index contributed by atoms with van der Waals surface area (Å²) in [4.78, 5) is 26.7. The van der Waals surface area contributed by atoms with E-state index in [4.69, 9.17) is 0 Å². The first-order chi connectivity index (χ1) is 12.0. The maximum absolute atomic E-state index is 12.1. The minimum absolute atomic E-state index is 0.0736. The number of nitrogens with one attached hydrogen (secondary N) is 2. The number of H-pyrrole nitrogens is 1. The van der Waals surface area contributed by atoms with E-state index < -0.39 is 12.0 Å². The van der Waals surface area contributed by atoms with Gasteiger partial charge in [-0.25, -0.2) is 4.79 Å². The molecule has 0 aliphatic carbocycles. The van der Waals surface area contributed by atoms with Gasteiger partial charge in [0.15, 0.2) is 5.16 Å². The number of benzene rings is 1. The van der Waals surface area contributed by atoms with E-state index in [1.54, 1.807) is 17.8 Å². The maximum Gasteiger partial charge on any atom is 0.326 e. The van der Waals surface area contributed by atoms with Crippen LogP contribution in [0.1, 0.15) is 5.56 Å². The highest BCUT2D eigenvalue weighted by molar-refractivity contribution is 7.99. The fourth-order valence-corrected chi connectivity index (χ4v) is 3.19. The number of aliphatic carboxylic acids is 1. The summed E-state index contributed by atoms with van der Waals surface area (Å²) >= 11 is 1.20. The van der Waals surface area contributed by atoms with Crippen molar-refractivity contribution in [3.8, 4) is 0 Å². The summed E-state index contributed by atoms with van der Waals surface area (Å²) in [5.41, 5.74) is 1.79. The van der Waals surface area contributed by atoms with Crippen LogP contribution in [-0.4, -0.2) is 48.5 Å². The number of carboxylic acid groups (broad SMARTS) is 1. The lowest BCUT2D eigenvalue weighted by molar-refractivity contribution is -0.141. The standard InChI is InChI=1S/C16H17N5O3S/c1-21-9-18-20-16(21)25-8-14(22)19-13(15(23)24)6-10-7-17-12-5-3-2-4-11(10)12/h2-5,7,9,13,17H,6,8H2,1H3,(H,19,22)(H,23,24)/t13-/m1/s1. The van der Waals surface area contributed by atoms with E-state index in [-0.39, 0.29) is 18.1 Å². The number of thioether (sulfide) groups is 1. The van der Waals surface area contributed by atoms with Gasteiger partial charge in [-0.15, -0.1) is 10.2 Å². The zero-order chi connectivity index (χ0) is 17.8. The van der Waals surface area contributed by atoms with Crippen molar-refractivity contribution < 1.29 is 14.7 Å². The van der Waals surface area contributed by atoms with Crippen molar-refractivity contribution in [1.82, 2.24) is 25.1 Å². The molecule has 9 heteroatoms. The second-order valence-electron chi connectivity index (χ2n) is 5.54. The Kier molecular flexibility index (Phi) is 5.03. The monoisotopic (exact) mass is 359 g/mol. The fraction of sp³-hybridized carbons (Fsp3) is 0.250. The van der Waals surface area contributed by atoms with Gasteiger partial charge in [-0.05, 0) is 11.6 Å². The molecule has 0 spiro atoms. The van der Waals surface area contributed by atoms with Crippen LogP contribution in [0.25, 0.3) is 10.9 Å². The predicted molar refractivity (Wildman–Crippen MR) is 93.3 cm³/mol. The number of aromatic amines is 1. The molecule has 0 bridgehead atoms. The molecule has 0 saturated carbocycles. The first kappa shape index (κ1) is 17.0. The van der Waals surface area contributed by atoms with Gasteiger partial charge in [-0.1, -0.05) is 30.0 Å². The third-order valence-corrected chi connectivity index (χ3v) is 4.77. The molecule has 25 heavy (non-hydrogen) atoms. The van der Waals surface area contributed by atoms with E-state index in [1.165, 1.54) is 18.1 Å². The van der Waals surface area contributed by atoms with Crippen LogP contribution in [0.15, 0.2) is 41.9 Å². The van der Waals surface area contributed by atoms with Crippen molar-refractivity contribution in [1.29, 1.82) is 0 Å². The van der Waals surface area contributed by atoms with Crippen molar-refractivity contribution in [3.63, 3.8) is 0 Å². The van der Waals surface area contributed by atoms with Gasteiger partial charge in [0.05, 0.1) is 5.75 Å². The number of para-hydroxylation sites is 1. The summed E-state index contributed by atoms with van der Waals surface area (Å²) in [6.07, 6.45) is 3.53. The predicted octanol–water partition coefficient (Wildman–Crippen LogP) is 1.20. The Hall–Kier alpha value is -2.81. The molecule has 1 amide bonds. The molecule has 3 rings (SSSR count). The number of carboxylic acids is 1. The smallest absolute Gasteiger partial charge is 0.326 e. The normalized spacial score (nSPS) is 12.2. The molecule has 2 aromatic heterocycles. The summed E-state index contributed by atoms with van der Waals surface area (Å²) in [6.45, 7) is 0. The molecule has 2 heterocycles. The van der Waals surface area contributed by atoms with Crippen LogP contribution in [-0.2, 0) is 23.1 Å². The number of fused-ring (bicyclic) bond motifs is 1. The number of rotatable bonds is 7. The minimum atomic E-state index is -1.07. The van der Waals surface area contributed by atoms with Crippen molar-refractivity contribution in [2.75, 3.05) is 5.75 Å². The first-order valence-electron chi connectivity index (χ1n) is 7.58. The molecule has 130 valence electrons. The lowest BCUT2D eigenvalue weighted by Crippen LogP contribution is -2.43. The number of nitrogens with zero attached hydrogens (tertiary/aromatic N) is 3. The molecule has 0 unspecified atom stereocenters. The van der Waals surface area contributed by atoms with Gasteiger partial charge in [-0.3, -0.25) is 4.79 Å². The number of hydrogen-bond donors (Lipinski definition) is 3. The highest BCUT2D eigenvalue weighted by Gasteiger charge is 2.22. The van der Waals surface area contributed by atoms with Gasteiger partial charge in [0.2, 0.25) is 5.91 Å². The van der Waals surface area contributed by atoms with Crippen molar-refractivity contribution >= 4 is 34.5 Å². The SMILES string of the molecule is Cn1cnnc1SCC(=O)N[C@H](Cc1c[nH]c2ccccc12)C(=O)O. The first-order valence-corrected chi connectivity index (χ1v) is 8.57. The lowest BCUT2D eigenvalue weighted by Gasteiger charge is -2.14. The molecule has 1 aromatic carbocycles. The highest BCUT2D eigenvalue weighted by atomic mass is 32.2. The van der Waals surface area contributed by atoms with Gasteiger partial charge in [-0.2, -0.15) is 0 Å². The highest BCUT2D eigenvalue weighted by Crippen LogP contribution is 2.19. The fourth-order valence-electron chi connectivity index (χ4n) is 2.49. The lowest BCUT2D eigenvalue weighted by atomic mass is 10.1. The molecule has 0 aliphatic heterocycles. The molecule has 0 aliphatic rings. The molecule has 3 aromatic rings. The third kappa shape index (κ3) is 4.00. The number of hydrogen-bond acceptors (Lipinski definition) is 5. The van der Waals surface area contributed by atoms with Crippen LogP contribution in [0, 0.1) is 0 Å². The summed E-state index contributed by atoms with van der Waals surface area (Å²) in [7, 11) is 1.78. The summed E-state index contributed by atoms with van der Waals surface area (Å²) in [6, 6.07) is 6.65. The summed E-state index contributed by atoms with van der Waals surface area (Å²) in [5, 5.41) is 21.2. The zero-order valence-electron chi connectivity index (χ0n) is 13.5. The summed E-state index contributed by atoms with van der Waals surface area (Å²) in [5.74, 6) is -1.35. The van der Waals surface area contributed by atoms with Crippen LogP contribution in [0.2, 0.25) is 0 Å². The van der Waals surface area contributed by atoms with Crippen LogP contribution in [0.3, 0.4) is 0 Å². The third-order valence-electron chi connectivity index (χ3n) is 3.73. The van der Waals surface area contributed by atoms with Gasteiger partial charge in [0.25, 0.3) is 0 Å². The molecule has 8 nitrogen and oxygen atoms in total. The van der Waals surface area contributed by atoms with Crippen LogP contribution in [0.5, 0.6) is 0 Å². The average molecular weight is 359 g/mol. The number of aryl methyl sites for hydroxylation is 1. The Morgan fingerprint density at radius 1 is 1.40 bits per heavy atom. The molecular weight excluding hydrogens is 342 g/mol. The molecule has 0 radical (unpaired) electrons. The van der Waals surface area contributed by atoms with Crippen molar-refractivity contribution in [2.24, 2.45) is 7.05 Å². The van der Waals surface area contributed by atoms with Gasteiger partial charge < -0.3 is 20.0 Å². The zero-order valence-corrected chi connectivity index (χ0v) is 14.3. The Morgan fingerprint density at radius 3 is 2.92 bits per heavy atom. The van der Waals surface area contributed by atoms with Crippen LogP contribution in [0.4, 0.5) is 0 Å². The number of aromatic nitrogens is 4. The molecule has 0 saturated heterocycles. The number of carbonyl (C=O) groups is 2. The Labute approximate surface area is 147 Å². The van der Waals surface area contributed by atoms with E-state index in [2.05, 4.69) is 20.5 Å². The largest absolute Gasteiger partial charge is 0.480 e. The van der Waals surface area contributed by atoms with E-state index in [9.17, 15) is 14.7 Å². The molecule has 1 atom stereocenters. The Bertz CT molecular complexity index is 904. The minimum Gasteiger partial charge on any atom is -0.480 e. The average Bonchev–Trinajstić information content (AvgIpc) is 3.19. The quantitative estimate of drug-likeness (QED) is 0.546. The molecule has 0 fully saturated rings. The van der Waals surface area contributed by atoms with Gasteiger partial charge in [0, 0.05) is 30.6 Å². The second-order valence-corrected chi connectivity index (χ2v) is 6.48. The van der Waals surface area contributed by atoms with E-state index in [0.29, 0.717) is 5.16 Å². The van der Waals surface area contributed by atoms with E-state index in [1.807, 2.05) is 24.3 Å². The number of amides is 1. The van der Waals surface area contributed by atoms with Crippen LogP contribution < -0.4 is 5.32 Å². The second kappa shape index (κ2) is 7.39. The van der Waals surface area contributed by atoms with Gasteiger partial charge >= 0.3 is 5.97 Å². The van der Waals surface area contributed by atoms with Crippen molar-refractivity contribution in [3.05, 3.63) is 42.4 Å². The Morgan fingerprint density at radius 2 is 2.20 bits per heavy atom. The number of carbonyl (C=O) groups excluding carboxylic acids is 1. The molecular formula is C16H17N5O3S. The maximum atomic E-state index is 12.1. The Balaban J connectivity index is 1.64. The molecule has 3 N–H and O–H groups in total. The van der Waals surface area contributed by atoms with Crippen LogP contribution >= 0.6 is 11.8 Å². The van der Waals surface area contributed by atoms with Gasteiger partial charge in [0.1, 0.15) is 12.4 Å². The van der Waals surface area contributed by atoms with E-state index >= 15 is 0 Å². The van der Waals surface area contributed by atoms with Crippen molar-refractivity contribution in [2.45, 2.75) is 17.6 Å². The summed E-state index contributed by atoms with van der Waals surface area (Å²) < 4.78 is 1.69.